The first kappa shape index (κ1) is 18.8. The molecule has 5 heteroatoms. The Kier molecular flexibility index (Phi) is 38.8. The van der Waals surface area contributed by atoms with Crippen LogP contribution in [-0.4, -0.2) is 13.1 Å². The summed E-state index contributed by atoms with van der Waals surface area (Å²) in [5.41, 5.74) is 0. The number of halogens is 2. The molecular formula is C6H18I2N2Pt. The zero-order valence-corrected chi connectivity index (χ0v) is 13.7. The standard InChI is InChI=1S/C6H15N.2HI.H3N.Pt/c1-3-5-7-6-4-2;;;;/h7H,3-6H2,1-2H3;2*1H;1H3;/q;;;;+2/p-2. The van der Waals surface area contributed by atoms with Crippen molar-refractivity contribution in [2.75, 3.05) is 13.1 Å². The average molecular weight is 567 g/mol. The van der Waals surface area contributed by atoms with E-state index in [-0.39, 0.29) is 6.15 Å². The third kappa shape index (κ3) is 33.2. The molecule has 0 saturated carbocycles. The van der Waals surface area contributed by atoms with E-state index in [9.17, 15) is 0 Å². The molecule has 4 N–H and O–H groups in total. The van der Waals surface area contributed by atoms with Crippen molar-refractivity contribution in [2.24, 2.45) is 0 Å². The first-order valence-electron chi connectivity index (χ1n) is 3.36. The predicted octanol–water partition coefficient (Wildman–Crippen LogP) is 3.33. The number of nitrogens with one attached hydrogen (secondary N) is 1. The van der Waals surface area contributed by atoms with E-state index < -0.39 is 0 Å². The predicted molar refractivity (Wildman–Crippen MR) is 66.5 cm³/mol. The van der Waals surface area contributed by atoms with E-state index in [0.717, 1.165) is 0 Å². The minimum atomic E-state index is 0. The molecule has 0 saturated heterocycles. The van der Waals surface area contributed by atoms with Crippen LogP contribution in [0.15, 0.2) is 0 Å². The summed E-state index contributed by atoms with van der Waals surface area (Å²) in [6, 6.07) is 0. The van der Waals surface area contributed by atoms with E-state index in [0.29, 0.717) is 11.2 Å². The van der Waals surface area contributed by atoms with Gasteiger partial charge in [-0.3, -0.25) is 0 Å². The molecule has 0 radical (unpaired) electrons. The number of rotatable bonds is 4. The second-order valence-electron chi connectivity index (χ2n) is 1.80. The van der Waals surface area contributed by atoms with Crippen LogP contribution in [0.5, 0.6) is 0 Å². The van der Waals surface area contributed by atoms with E-state index in [1.54, 1.807) is 0 Å². The fourth-order valence-electron chi connectivity index (χ4n) is 0.479. The molecule has 0 atom stereocenters. The Morgan fingerprint density at radius 2 is 1.36 bits per heavy atom. The Morgan fingerprint density at radius 3 is 1.55 bits per heavy atom. The second-order valence-corrected chi connectivity index (χ2v) is 18.4. The summed E-state index contributed by atoms with van der Waals surface area (Å²) in [6.07, 6.45) is 2.50. The van der Waals surface area contributed by atoms with Crippen LogP contribution in [0.2, 0.25) is 0 Å². The van der Waals surface area contributed by atoms with Gasteiger partial charge < -0.3 is 11.5 Å². The van der Waals surface area contributed by atoms with Crippen molar-refractivity contribution in [3.8, 4) is 0 Å². The fraction of sp³-hybridized carbons (Fsp3) is 1.00. The molecule has 0 aliphatic rings. The Labute approximate surface area is 99.8 Å². The third-order valence-corrected chi connectivity index (χ3v) is 0.854. The molecule has 2 nitrogen and oxygen atoms in total. The molecule has 0 fully saturated rings. The zero-order chi connectivity index (χ0) is 8.24. The van der Waals surface area contributed by atoms with Crippen LogP contribution >= 0.6 is 38.7 Å². The van der Waals surface area contributed by atoms with Crippen LogP contribution in [0.1, 0.15) is 26.7 Å². The summed E-state index contributed by atoms with van der Waals surface area (Å²) in [5, 5.41) is 3.28. The van der Waals surface area contributed by atoms with Crippen molar-refractivity contribution in [1.29, 1.82) is 0 Å². The molecule has 0 bridgehead atoms. The van der Waals surface area contributed by atoms with Gasteiger partial charge in [-0.1, -0.05) is 13.8 Å². The van der Waals surface area contributed by atoms with Gasteiger partial charge in [-0.25, -0.2) is 0 Å². The van der Waals surface area contributed by atoms with Gasteiger partial charge in [0.05, 0.1) is 0 Å². The maximum atomic E-state index is 3.28. The Hall–Kier alpha value is 2.07. The SMILES string of the molecule is CCCNCCC.N.[I][Pt][I]. The van der Waals surface area contributed by atoms with Crippen LogP contribution in [0, 0.1) is 0 Å². The van der Waals surface area contributed by atoms with E-state index in [1.165, 1.54) is 25.9 Å². The van der Waals surface area contributed by atoms with Crippen molar-refractivity contribution in [3.05, 3.63) is 0 Å². The molecular weight excluding hydrogens is 549 g/mol. The molecule has 0 amide bonds. The normalized spacial score (nSPS) is 8.00. The molecule has 0 aliphatic carbocycles. The molecule has 0 heterocycles. The van der Waals surface area contributed by atoms with Crippen molar-refractivity contribution in [2.45, 2.75) is 26.7 Å². The van der Waals surface area contributed by atoms with Crippen LogP contribution in [-0.2, 0) is 11.2 Å². The van der Waals surface area contributed by atoms with Gasteiger partial charge in [-0.15, -0.1) is 0 Å². The van der Waals surface area contributed by atoms with E-state index in [2.05, 4.69) is 57.9 Å². The summed E-state index contributed by atoms with van der Waals surface area (Å²) >= 11 is 5.30. The molecule has 0 rings (SSSR count). The van der Waals surface area contributed by atoms with E-state index in [4.69, 9.17) is 0 Å². The molecule has 76 valence electrons. The van der Waals surface area contributed by atoms with Gasteiger partial charge in [0.1, 0.15) is 0 Å². The van der Waals surface area contributed by atoms with Gasteiger partial charge in [0, 0.05) is 0 Å². The molecule has 0 aliphatic heterocycles. The Morgan fingerprint density at radius 1 is 1.09 bits per heavy atom. The number of hydrogen-bond acceptors (Lipinski definition) is 2. The zero-order valence-electron chi connectivity index (χ0n) is 7.11. The van der Waals surface area contributed by atoms with Crippen molar-refractivity contribution in [1.82, 2.24) is 11.5 Å². The summed E-state index contributed by atoms with van der Waals surface area (Å²) in [7, 11) is 0. The van der Waals surface area contributed by atoms with Crippen LogP contribution < -0.4 is 11.5 Å². The molecule has 0 aromatic carbocycles. The molecule has 0 aromatic rings. The van der Waals surface area contributed by atoms with Crippen molar-refractivity contribution in [3.63, 3.8) is 0 Å². The molecule has 0 aromatic heterocycles. The van der Waals surface area contributed by atoms with Gasteiger partial charge in [0.25, 0.3) is 0 Å². The van der Waals surface area contributed by atoms with Gasteiger partial charge in [-0.2, -0.15) is 0 Å². The fourth-order valence-corrected chi connectivity index (χ4v) is 0.479. The molecule has 11 heavy (non-hydrogen) atoms. The van der Waals surface area contributed by atoms with Crippen LogP contribution in [0.3, 0.4) is 0 Å². The summed E-state index contributed by atoms with van der Waals surface area (Å²) in [4.78, 5) is 0. The van der Waals surface area contributed by atoms with Crippen molar-refractivity contribution >= 4 is 38.7 Å². The maximum absolute atomic E-state index is 3.28. The van der Waals surface area contributed by atoms with Gasteiger partial charge in [0.2, 0.25) is 0 Å². The van der Waals surface area contributed by atoms with Gasteiger partial charge in [0.15, 0.2) is 0 Å². The first-order valence-corrected chi connectivity index (χ1v) is 16.2. The molecule has 0 unspecified atom stereocenters. The Bertz CT molecular complexity index is 45.6. The second kappa shape index (κ2) is 22.7. The number of hydrogen-bond donors (Lipinski definition) is 2. The van der Waals surface area contributed by atoms with Gasteiger partial charge in [-0.05, 0) is 25.9 Å². The third-order valence-electron chi connectivity index (χ3n) is 0.854. The quantitative estimate of drug-likeness (QED) is 0.405. The summed E-state index contributed by atoms with van der Waals surface area (Å²) < 4.78 is 0. The average Bonchev–Trinajstić information content (AvgIpc) is 1.91. The summed E-state index contributed by atoms with van der Waals surface area (Å²) in [6.45, 7) is 6.72. The van der Waals surface area contributed by atoms with Crippen molar-refractivity contribution < 1.29 is 11.2 Å². The van der Waals surface area contributed by atoms with E-state index >= 15 is 0 Å². The van der Waals surface area contributed by atoms with Crippen LogP contribution in [0.25, 0.3) is 0 Å². The minimum absolute atomic E-state index is 0. The topological polar surface area (TPSA) is 47.0 Å². The van der Waals surface area contributed by atoms with Gasteiger partial charge >= 0.3 is 49.9 Å². The monoisotopic (exact) mass is 567 g/mol. The van der Waals surface area contributed by atoms with E-state index in [1.807, 2.05) is 0 Å². The Balaban J connectivity index is -0.000000140. The van der Waals surface area contributed by atoms with Crippen LogP contribution in [0.4, 0.5) is 0 Å². The first-order chi connectivity index (χ1) is 4.83. The summed E-state index contributed by atoms with van der Waals surface area (Å²) in [5.74, 6) is 0. The molecule has 0 spiro atoms.